The summed E-state index contributed by atoms with van der Waals surface area (Å²) in [6.07, 6.45) is 3.62. The van der Waals surface area contributed by atoms with Crippen molar-refractivity contribution >= 4 is 11.8 Å². The summed E-state index contributed by atoms with van der Waals surface area (Å²) in [4.78, 5) is 0. The molecule has 1 aromatic rings. The highest BCUT2D eigenvalue weighted by Gasteiger charge is 2.09. The van der Waals surface area contributed by atoms with Gasteiger partial charge in [-0.3, -0.25) is 0 Å². The smallest absolute Gasteiger partial charge is 0.153 e. The van der Waals surface area contributed by atoms with Gasteiger partial charge in [-0.1, -0.05) is 24.3 Å². The van der Waals surface area contributed by atoms with Gasteiger partial charge in [0, 0.05) is 5.69 Å². The van der Waals surface area contributed by atoms with Gasteiger partial charge in [0.15, 0.2) is 5.57 Å². The summed E-state index contributed by atoms with van der Waals surface area (Å²) in [6, 6.07) is 11.4. The Labute approximate surface area is 87.6 Å². The van der Waals surface area contributed by atoms with Gasteiger partial charge in [-0.15, -0.1) is 0 Å². The minimum Gasteiger partial charge on any atom is -0.353 e. The lowest BCUT2D eigenvalue weighted by molar-refractivity contribution is 1.37. The minimum atomic E-state index is 0.0979. The van der Waals surface area contributed by atoms with E-state index in [4.69, 9.17) is 10.5 Å². The molecule has 3 heteroatoms. The summed E-state index contributed by atoms with van der Waals surface area (Å²) in [5.74, 6) is 0. The highest BCUT2D eigenvalue weighted by atomic mass is 14.9. The fourth-order valence-corrected chi connectivity index (χ4v) is 1.41. The first kappa shape index (κ1) is 9.05. The van der Waals surface area contributed by atoms with Crippen molar-refractivity contribution in [3.8, 4) is 12.1 Å². The minimum absolute atomic E-state index is 0.0979. The number of allylic oxidation sites excluding steroid dienone is 2. The molecular formula is C12H7N3. The normalized spacial score (nSPS) is 12.0. The zero-order valence-corrected chi connectivity index (χ0v) is 7.86. The van der Waals surface area contributed by atoms with Gasteiger partial charge in [-0.25, -0.2) is 0 Å². The summed E-state index contributed by atoms with van der Waals surface area (Å²) in [6.45, 7) is 0. The van der Waals surface area contributed by atoms with Crippen LogP contribution in [-0.4, -0.2) is 0 Å². The molecule has 0 aromatic heterocycles. The zero-order chi connectivity index (χ0) is 10.7. The van der Waals surface area contributed by atoms with Gasteiger partial charge in [0.1, 0.15) is 12.1 Å². The molecular weight excluding hydrogens is 186 g/mol. The Morgan fingerprint density at radius 3 is 2.53 bits per heavy atom. The molecule has 1 aliphatic rings. The van der Waals surface area contributed by atoms with Crippen LogP contribution in [0.1, 0.15) is 5.56 Å². The SMILES string of the molecule is N#CC(C#N)=C1C=Cc2ccccc2N1. The number of para-hydroxylation sites is 1. The fourth-order valence-electron chi connectivity index (χ4n) is 1.41. The second-order valence-electron chi connectivity index (χ2n) is 3.06. The van der Waals surface area contributed by atoms with Crippen LogP contribution in [-0.2, 0) is 0 Å². The maximum absolute atomic E-state index is 8.72. The van der Waals surface area contributed by atoms with Crippen LogP contribution in [0.3, 0.4) is 0 Å². The van der Waals surface area contributed by atoms with E-state index in [0.717, 1.165) is 11.3 Å². The molecule has 0 radical (unpaired) electrons. The molecule has 0 bridgehead atoms. The molecule has 0 fully saturated rings. The largest absolute Gasteiger partial charge is 0.353 e. The predicted octanol–water partition coefficient (Wildman–Crippen LogP) is 2.43. The first-order valence-corrected chi connectivity index (χ1v) is 4.44. The van der Waals surface area contributed by atoms with Crippen LogP contribution >= 0.6 is 0 Å². The van der Waals surface area contributed by atoms with E-state index in [1.54, 1.807) is 6.08 Å². The van der Waals surface area contributed by atoms with Crippen LogP contribution < -0.4 is 5.32 Å². The number of nitriles is 2. The Morgan fingerprint density at radius 1 is 1.07 bits per heavy atom. The van der Waals surface area contributed by atoms with Gasteiger partial charge in [0.2, 0.25) is 0 Å². The molecule has 0 saturated carbocycles. The third-order valence-electron chi connectivity index (χ3n) is 2.15. The lowest BCUT2D eigenvalue weighted by Gasteiger charge is -2.14. The van der Waals surface area contributed by atoms with Crippen molar-refractivity contribution in [2.24, 2.45) is 0 Å². The number of benzene rings is 1. The summed E-state index contributed by atoms with van der Waals surface area (Å²) >= 11 is 0. The van der Waals surface area contributed by atoms with E-state index in [0.29, 0.717) is 5.70 Å². The quantitative estimate of drug-likeness (QED) is 0.643. The maximum atomic E-state index is 8.72. The Bertz CT molecular complexity index is 523. The third-order valence-corrected chi connectivity index (χ3v) is 2.15. The van der Waals surface area contributed by atoms with Crippen molar-refractivity contribution in [1.82, 2.24) is 0 Å². The molecule has 1 aliphatic heterocycles. The van der Waals surface area contributed by atoms with Crippen molar-refractivity contribution in [1.29, 1.82) is 10.5 Å². The van der Waals surface area contributed by atoms with E-state index >= 15 is 0 Å². The Kier molecular flexibility index (Phi) is 2.23. The summed E-state index contributed by atoms with van der Waals surface area (Å²) < 4.78 is 0. The van der Waals surface area contributed by atoms with E-state index in [1.807, 2.05) is 42.5 Å². The van der Waals surface area contributed by atoms with Crippen molar-refractivity contribution in [2.45, 2.75) is 0 Å². The number of hydrogen-bond donors (Lipinski definition) is 1. The number of nitrogens with one attached hydrogen (secondary N) is 1. The second-order valence-corrected chi connectivity index (χ2v) is 3.06. The van der Waals surface area contributed by atoms with E-state index in [1.165, 1.54) is 0 Å². The lowest BCUT2D eigenvalue weighted by Crippen LogP contribution is -2.04. The third kappa shape index (κ3) is 1.59. The molecule has 0 spiro atoms. The first-order chi connectivity index (χ1) is 7.35. The standard InChI is InChI=1S/C12H7N3/c13-7-10(8-14)12-6-5-9-3-1-2-4-11(9)15-12/h1-6,15H. The van der Waals surface area contributed by atoms with Gasteiger partial charge in [0.05, 0.1) is 5.70 Å². The molecule has 0 amide bonds. The van der Waals surface area contributed by atoms with Crippen LogP contribution in [0.5, 0.6) is 0 Å². The van der Waals surface area contributed by atoms with Crippen LogP contribution in [0.4, 0.5) is 5.69 Å². The van der Waals surface area contributed by atoms with Crippen LogP contribution in [0.15, 0.2) is 41.6 Å². The molecule has 1 heterocycles. The number of anilines is 1. The first-order valence-electron chi connectivity index (χ1n) is 4.44. The fraction of sp³-hybridized carbons (Fsp3) is 0. The van der Waals surface area contributed by atoms with Gasteiger partial charge in [-0.2, -0.15) is 10.5 Å². The van der Waals surface area contributed by atoms with Gasteiger partial charge in [-0.05, 0) is 17.7 Å². The van der Waals surface area contributed by atoms with Crippen LogP contribution in [0, 0.1) is 22.7 Å². The van der Waals surface area contributed by atoms with Crippen molar-refractivity contribution in [3.05, 3.63) is 47.2 Å². The van der Waals surface area contributed by atoms with Gasteiger partial charge in [0.25, 0.3) is 0 Å². The van der Waals surface area contributed by atoms with E-state index < -0.39 is 0 Å². The maximum Gasteiger partial charge on any atom is 0.153 e. The molecule has 3 nitrogen and oxygen atoms in total. The lowest BCUT2D eigenvalue weighted by atomic mass is 10.1. The molecule has 15 heavy (non-hydrogen) atoms. The number of fused-ring (bicyclic) bond motifs is 1. The molecule has 2 rings (SSSR count). The average molecular weight is 193 g/mol. The Balaban J connectivity index is 2.48. The molecule has 0 aliphatic carbocycles. The summed E-state index contributed by atoms with van der Waals surface area (Å²) in [7, 11) is 0. The van der Waals surface area contributed by atoms with Crippen LogP contribution in [0.25, 0.3) is 6.08 Å². The number of hydrogen-bond acceptors (Lipinski definition) is 3. The number of rotatable bonds is 0. The zero-order valence-electron chi connectivity index (χ0n) is 7.86. The molecule has 70 valence electrons. The molecule has 0 unspecified atom stereocenters. The predicted molar refractivity (Wildman–Crippen MR) is 57.4 cm³/mol. The highest BCUT2D eigenvalue weighted by Crippen LogP contribution is 2.25. The monoisotopic (exact) mass is 193 g/mol. The molecule has 1 aromatic carbocycles. The van der Waals surface area contributed by atoms with Crippen molar-refractivity contribution in [3.63, 3.8) is 0 Å². The average Bonchev–Trinajstić information content (AvgIpc) is 2.30. The van der Waals surface area contributed by atoms with E-state index in [9.17, 15) is 0 Å². The molecule has 1 N–H and O–H groups in total. The van der Waals surface area contributed by atoms with Crippen molar-refractivity contribution in [2.75, 3.05) is 5.32 Å². The molecule has 0 saturated heterocycles. The van der Waals surface area contributed by atoms with E-state index in [2.05, 4.69) is 5.32 Å². The highest BCUT2D eigenvalue weighted by molar-refractivity contribution is 5.76. The molecule has 0 atom stereocenters. The van der Waals surface area contributed by atoms with Crippen LogP contribution in [0.2, 0.25) is 0 Å². The number of nitrogens with zero attached hydrogens (tertiary/aromatic N) is 2. The Hall–Kier alpha value is -2.52. The summed E-state index contributed by atoms with van der Waals surface area (Å²) in [5, 5.41) is 20.5. The Morgan fingerprint density at radius 2 is 1.80 bits per heavy atom. The van der Waals surface area contributed by atoms with E-state index in [-0.39, 0.29) is 5.57 Å². The van der Waals surface area contributed by atoms with Gasteiger partial charge >= 0.3 is 0 Å². The van der Waals surface area contributed by atoms with Gasteiger partial charge < -0.3 is 5.32 Å². The second kappa shape index (κ2) is 3.69. The topological polar surface area (TPSA) is 59.6 Å². The van der Waals surface area contributed by atoms with Crippen molar-refractivity contribution < 1.29 is 0 Å². The summed E-state index contributed by atoms with van der Waals surface area (Å²) in [5.41, 5.74) is 2.62.